The minimum Gasteiger partial charge on any atom is -0.481 e. The van der Waals surface area contributed by atoms with Crippen LogP contribution in [0.1, 0.15) is 12.8 Å². The zero-order valence-electron chi connectivity index (χ0n) is 8.59. The fourth-order valence-corrected chi connectivity index (χ4v) is 0.985. The molecule has 0 spiro atoms. The predicted octanol–water partition coefficient (Wildman–Crippen LogP) is -1.35. The normalized spacial score (nSPS) is 9.81. The fraction of sp³-hybridized carbons (Fsp3) is 0.625. The molecule has 8 heteroatoms. The molecule has 0 aromatic carbocycles. The summed E-state index contributed by atoms with van der Waals surface area (Å²) in [7, 11) is 0. The lowest BCUT2D eigenvalue weighted by molar-refractivity contribution is -0.141. The van der Waals surface area contributed by atoms with Crippen molar-refractivity contribution in [3.05, 3.63) is 0 Å². The molecule has 0 aromatic heterocycles. The minimum atomic E-state index is -1.07. The van der Waals surface area contributed by atoms with E-state index >= 15 is 0 Å². The van der Waals surface area contributed by atoms with Crippen LogP contribution in [0.5, 0.6) is 0 Å². The molecule has 0 aliphatic carbocycles. The van der Waals surface area contributed by atoms with E-state index in [2.05, 4.69) is 4.84 Å². The van der Waals surface area contributed by atoms with Crippen molar-refractivity contribution >= 4 is 17.8 Å². The van der Waals surface area contributed by atoms with Gasteiger partial charge >= 0.3 is 11.9 Å². The van der Waals surface area contributed by atoms with Crippen LogP contribution in [0.25, 0.3) is 0 Å². The monoisotopic (exact) mass is 234 g/mol. The van der Waals surface area contributed by atoms with E-state index in [-0.39, 0.29) is 25.9 Å². The van der Waals surface area contributed by atoms with Gasteiger partial charge in [-0.3, -0.25) is 19.2 Å². The van der Waals surface area contributed by atoms with Gasteiger partial charge in [-0.15, -0.1) is 0 Å². The molecular weight excluding hydrogens is 220 g/mol. The second-order valence-corrected chi connectivity index (χ2v) is 2.98. The minimum absolute atomic E-state index is 0.0647. The maximum atomic E-state index is 11.3. The van der Waals surface area contributed by atoms with Gasteiger partial charge in [0.25, 0.3) is 5.91 Å². The van der Waals surface area contributed by atoms with Crippen LogP contribution in [0.2, 0.25) is 0 Å². The van der Waals surface area contributed by atoms with E-state index in [1.54, 1.807) is 0 Å². The molecule has 0 bridgehead atoms. The number of nitrogens with two attached hydrogens (primary N) is 1. The van der Waals surface area contributed by atoms with Crippen molar-refractivity contribution in [1.29, 1.82) is 0 Å². The van der Waals surface area contributed by atoms with Crippen LogP contribution in [0.4, 0.5) is 0 Å². The Morgan fingerprint density at radius 3 is 1.81 bits per heavy atom. The first-order chi connectivity index (χ1) is 7.47. The van der Waals surface area contributed by atoms with Crippen molar-refractivity contribution in [2.45, 2.75) is 12.8 Å². The Morgan fingerprint density at radius 2 is 1.50 bits per heavy atom. The van der Waals surface area contributed by atoms with Crippen LogP contribution in [-0.2, 0) is 19.2 Å². The highest BCUT2D eigenvalue weighted by Gasteiger charge is 2.15. The molecule has 16 heavy (non-hydrogen) atoms. The van der Waals surface area contributed by atoms with Crippen LogP contribution in [-0.4, -0.2) is 52.7 Å². The molecule has 0 aliphatic heterocycles. The number of hydrogen-bond donors (Lipinski definition) is 3. The zero-order valence-corrected chi connectivity index (χ0v) is 8.59. The summed E-state index contributed by atoms with van der Waals surface area (Å²) >= 11 is 0. The molecule has 0 radical (unpaired) electrons. The number of aliphatic carboxylic acids is 2. The maximum Gasteiger partial charge on any atom is 0.305 e. The largest absolute Gasteiger partial charge is 0.481 e. The molecule has 0 rings (SSSR count). The second kappa shape index (κ2) is 7.60. The number of hydrogen-bond acceptors (Lipinski definition) is 5. The third-order valence-electron chi connectivity index (χ3n) is 1.75. The summed E-state index contributed by atoms with van der Waals surface area (Å²) in [6, 6.07) is 0. The van der Waals surface area contributed by atoms with Crippen molar-refractivity contribution in [2.24, 2.45) is 5.90 Å². The molecule has 1 amide bonds. The smallest absolute Gasteiger partial charge is 0.305 e. The number of rotatable bonds is 8. The van der Waals surface area contributed by atoms with E-state index in [1.807, 2.05) is 0 Å². The third-order valence-corrected chi connectivity index (χ3v) is 1.75. The average Bonchev–Trinajstić information content (AvgIpc) is 2.17. The summed E-state index contributed by atoms with van der Waals surface area (Å²) < 4.78 is 0. The predicted molar refractivity (Wildman–Crippen MR) is 51.2 cm³/mol. The van der Waals surface area contributed by atoms with Crippen LogP contribution in [0.15, 0.2) is 0 Å². The van der Waals surface area contributed by atoms with Crippen LogP contribution < -0.4 is 5.90 Å². The van der Waals surface area contributed by atoms with Gasteiger partial charge in [-0.1, -0.05) is 0 Å². The van der Waals surface area contributed by atoms with Crippen molar-refractivity contribution in [3.63, 3.8) is 0 Å². The summed E-state index contributed by atoms with van der Waals surface area (Å²) in [6.45, 7) is -0.533. The van der Waals surface area contributed by atoms with Gasteiger partial charge in [0.05, 0.1) is 12.8 Å². The average molecular weight is 234 g/mol. The number of carbonyl (C=O) groups excluding carboxylic acids is 1. The topological polar surface area (TPSA) is 130 Å². The Hall–Kier alpha value is -1.67. The Kier molecular flexibility index (Phi) is 6.81. The molecule has 92 valence electrons. The Balaban J connectivity index is 4.19. The van der Waals surface area contributed by atoms with Crippen molar-refractivity contribution < 1.29 is 29.4 Å². The van der Waals surface area contributed by atoms with Crippen molar-refractivity contribution in [2.75, 3.05) is 19.7 Å². The van der Waals surface area contributed by atoms with Crippen molar-refractivity contribution in [1.82, 2.24) is 4.90 Å². The van der Waals surface area contributed by atoms with E-state index in [0.29, 0.717) is 0 Å². The zero-order chi connectivity index (χ0) is 12.6. The Morgan fingerprint density at radius 1 is 1.06 bits per heavy atom. The second-order valence-electron chi connectivity index (χ2n) is 2.98. The van der Waals surface area contributed by atoms with Crippen molar-refractivity contribution in [3.8, 4) is 0 Å². The SMILES string of the molecule is NOCC(=O)N(CCC(=O)O)CCC(=O)O. The van der Waals surface area contributed by atoms with E-state index in [4.69, 9.17) is 16.1 Å². The quantitative estimate of drug-likeness (QED) is 0.443. The molecule has 0 atom stereocenters. The lowest BCUT2D eigenvalue weighted by Gasteiger charge is -2.20. The summed E-state index contributed by atoms with van der Waals surface area (Å²) in [5.41, 5.74) is 0. The van der Waals surface area contributed by atoms with Gasteiger partial charge in [0, 0.05) is 13.1 Å². The van der Waals surface area contributed by atoms with Crippen LogP contribution in [0, 0.1) is 0 Å². The van der Waals surface area contributed by atoms with Crippen LogP contribution >= 0.6 is 0 Å². The number of nitrogens with zero attached hydrogens (tertiary/aromatic N) is 1. The molecular formula is C8H14N2O6. The van der Waals surface area contributed by atoms with Gasteiger partial charge in [-0.25, -0.2) is 5.90 Å². The summed E-state index contributed by atoms with van der Waals surface area (Å²) in [6.07, 6.45) is -0.508. The molecule has 0 aromatic rings. The molecule has 4 N–H and O–H groups in total. The molecule has 0 aliphatic rings. The molecule has 0 saturated heterocycles. The first kappa shape index (κ1) is 14.3. The highest BCUT2D eigenvalue weighted by atomic mass is 16.6. The molecule has 0 unspecified atom stereocenters. The van der Waals surface area contributed by atoms with E-state index in [9.17, 15) is 14.4 Å². The molecule has 0 heterocycles. The number of carbonyl (C=O) groups is 3. The van der Waals surface area contributed by atoms with Gasteiger partial charge in [0.15, 0.2) is 0 Å². The Labute approximate surface area is 91.5 Å². The molecule has 8 nitrogen and oxygen atoms in total. The van der Waals surface area contributed by atoms with Gasteiger partial charge in [-0.2, -0.15) is 0 Å². The fourth-order valence-electron chi connectivity index (χ4n) is 0.985. The maximum absolute atomic E-state index is 11.3. The summed E-state index contributed by atoms with van der Waals surface area (Å²) in [4.78, 5) is 37.1. The van der Waals surface area contributed by atoms with Gasteiger partial charge < -0.3 is 15.1 Å². The van der Waals surface area contributed by atoms with E-state index in [1.165, 1.54) is 0 Å². The number of carboxylic acids is 2. The van der Waals surface area contributed by atoms with Gasteiger partial charge in [0.1, 0.15) is 6.61 Å². The van der Waals surface area contributed by atoms with Gasteiger partial charge in [0.2, 0.25) is 0 Å². The number of carboxylic acid groups (broad SMARTS) is 2. The van der Waals surface area contributed by atoms with E-state index in [0.717, 1.165) is 4.90 Å². The Bertz CT molecular complexity index is 249. The van der Waals surface area contributed by atoms with Gasteiger partial charge in [-0.05, 0) is 0 Å². The lowest BCUT2D eigenvalue weighted by atomic mass is 10.3. The summed E-state index contributed by atoms with van der Waals surface area (Å²) in [5, 5.41) is 16.9. The molecule has 0 saturated carbocycles. The summed E-state index contributed by atoms with van der Waals surface area (Å²) in [5.74, 6) is 2.03. The standard InChI is InChI=1S/C8H14N2O6/c9-16-5-6(11)10(3-1-7(12)13)4-2-8(14)15/h1-5,9H2,(H,12,13)(H,14,15). The van der Waals surface area contributed by atoms with E-state index < -0.39 is 24.5 Å². The highest BCUT2D eigenvalue weighted by molar-refractivity contribution is 5.78. The number of amides is 1. The first-order valence-electron chi connectivity index (χ1n) is 4.50. The third kappa shape index (κ3) is 6.74. The highest BCUT2D eigenvalue weighted by Crippen LogP contribution is 1.96. The van der Waals surface area contributed by atoms with Crippen LogP contribution in [0.3, 0.4) is 0 Å². The molecule has 0 fully saturated rings. The lowest BCUT2D eigenvalue weighted by Crippen LogP contribution is -2.37. The first-order valence-corrected chi connectivity index (χ1v) is 4.50.